The number of carboxylic acid groups (broad SMARTS) is 1. The van der Waals surface area contributed by atoms with Crippen molar-refractivity contribution >= 4 is 30.2 Å². The summed E-state index contributed by atoms with van der Waals surface area (Å²) in [5.41, 5.74) is 0.848. The van der Waals surface area contributed by atoms with E-state index in [0.29, 0.717) is 16.8 Å². The van der Waals surface area contributed by atoms with E-state index in [9.17, 15) is 9.82 Å². The van der Waals surface area contributed by atoms with E-state index in [-0.39, 0.29) is 17.3 Å². The first-order chi connectivity index (χ1) is 10.5. The molecule has 112 valence electrons. The number of hydrogen-bond donors (Lipinski definition) is 2. The lowest BCUT2D eigenvalue weighted by molar-refractivity contribution is -0.138. The number of aliphatic carboxylic acids is 1. The molecule has 22 heavy (non-hydrogen) atoms. The normalized spacial score (nSPS) is 16.5. The van der Waals surface area contributed by atoms with Gasteiger partial charge in [0.15, 0.2) is 0 Å². The standard InChI is InChI=1S/C13H10BClN2O5/c15-9-4-7(21-11-6-16-1-2-17-11)3-8-13(9)10(5-12(18)19)22-14(8)20/h1-4,6,10,20H,5H2,(H,18,19). The van der Waals surface area contributed by atoms with E-state index in [4.69, 9.17) is 26.1 Å². The zero-order valence-electron chi connectivity index (χ0n) is 11.1. The van der Waals surface area contributed by atoms with Crippen LogP contribution in [-0.4, -0.2) is 33.2 Å². The van der Waals surface area contributed by atoms with Gasteiger partial charge in [-0.1, -0.05) is 11.6 Å². The van der Waals surface area contributed by atoms with Crippen molar-refractivity contribution in [2.75, 3.05) is 0 Å². The molecule has 1 aromatic carbocycles. The first-order valence-electron chi connectivity index (χ1n) is 6.37. The molecule has 0 aliphatic carbocycles. The Labute approximate surface area is 130 Å². The van der Waals surface area contributed by atoms with Gasteiger partial charge in [-0.05, 0) is 23.2 Å². The molecule has 0 saturated carbocycles. The lowest BCUT2D eigenvalue weighted by atomic mass is 9.79. The van der Waals surface area contributed by atoms with Gasteiger partial charge in [-0.15, -0.1) is 0 Å². The van der Waals surface area contributed by atoms with Crippen LogP contribution in [-0.2, 0) is 9.45 Å². The summed E-state index contributed by atoms with van der Waals surface area (Å²) in [6.07, 6.45) is 3.34. The third-order valence-electron chi connectivity index (χ3n) is 3.14. The van der Waals surface area contributed by atoms with Gasteiger partial charge in [0.25, 0.3) is 0 Å². The Bertz CT molecular complexity index is 715. The smallest absolute Gasteiger partial charge is 0.481 e. The second-order valence-corrected chi connectivity index (χ2v) is 5.04. The molecule has 0 radical (unpaired) electrons. The predicted octanol–water partition coefficient (Wildman–Crippen LogP) is 1.16. The molecule has 0 fully saturated rings. The monoisotopic (exact) mass is 320 g/mol. The maximum atomic E-state index is 10.8. The molecule has 0 spiro atoms. The van der Waals surface area contributed by atoms with Crippen molar-refractivity contribution in [3.05, 3.63) is 41.3 Å². The van der Waals surface area contributed by atoms with Crippen LogP contribution in [0.1, 0.15) is 18.1 Å². The van der Waals surface area contributed by atoms with Crippen LogP contribution in [0.25, 0.3) is 0 Å². The number of carboxylic acids is 1. The second-order valence-electron chi connectivity index (χ2n) is 4.63. The van der Waals surface area contributed by atoms with Gasteiger partial charge >= 0.3 is 13.1 Å². The number of fused-ring (bicyclic) bond motifs is 1. The first-order valence-corrected chi connectivity index (χ1v) is 6.75. The number of aromatic nitrogens is 2. The number of ether oxygens (including phenoxy) is 1. The fourth-order valence-electron chi connectivity index (χ4n) is 2.28. The minimum atomic E-state index is -1.25. The Balaban J connectivity index is 1.93. The van der Waals surface area contributed by atoms with Crippen molar-refractivity contribution in [2.24, 2.45) is 0 Å². The summed E-state index contributed by atoms with van der Waals surface area (Å²) in [4.78, 5) is 18.7. The zero-order chi connectivity index (χ0) is 15.7. The Morgan fingerprint density at radius 1 is 1.45 bits per heavy atom. The summed E-state index contributed by atoms with van der Waals surface area (Å²) in [5, 5.41) is 19.1. The SMILES string of the molecule is O=C(O)CC1OB(O)c2cc(Oc3cnccn3)cc(Cl)c21. The third kappa shape index (κ3) is 2.89. The molecule has 2 N–H and O–H groups in total. The van der Waals surface area contributed by atoms with Crippen molar-refractivity contribution in [2.45, 2.75) is 12.5 Å². The molecule has 0 saturated heterocycles. The first kappa shape index (κ1) is 14.8. The average molecular weight is 320 g/mol. The van der Waals surface area contributed by atoms with Crippen molar-refractivity contribution < 1.29 is 24.3 Å². The molecule has 2 heterocycles. The number of hydrogen-bond acceptors (Lipinski definition) is 6. The topological polar surface area (TPSA) is 102 Å². The Morgan fingerprint density at radius 3 is 2.95 bits per heavy atom. The number of benzene rings is 1. The van der Waals surface area contributed by atoms with Crippen LogP contribution >= 0.6 is 11.6 Å². The number of nitrogens with zero attached hydrogens (tertiary/aromatic N) is 2. The zero-order valence-corrected chi connectivity index (χ0v) is 11.9. The molecule has 3 rings (SSSR count). The molecule has 1 atom stereocenters. The highest BCUT2D eigenvalue weighted by atomic mass is 35.5. The van der Waals surface area contributed by atoms with Crippen molar-refractivity contribution in [1.29, 1.82) is 0 Å². The van der Waals surface area contributed by atoms with Crippen LogP contribution in [0.3, 0.4) is 0 Å². The fraction of sp³-hybridized carbons (Fsp3) is 0.154. The molecule has 1 aromatic heterocycles. The van der Waals surface area contributed by atoms with E-state index in [2.05, 4.69) is 9.97 Å². The van der Waals surface area contributed by atoms with Crippen LogP contribution in [0.4, 0.5) is 0 Å². The largest absolute Gasteiger partial charge is 0.492 e. The number of halogens is 1. The molecule has 1 aliphatic heterocycles. The van der Waals surface area contributed by atoms with Crippen LogP contribution < -0.4 is 10.2 Å². The van der Waals surface area contributed by atoms with Crippen LogP contribution in [0.2, 0.25) is 5.02 Å². The lowest BCUT2D eigenvalue weighted by Crippen LogP contribution is -2.28. The average Bonchev–Trinajstić information content (AvgIpc) is 2.76. The summed E-state index contributed by atoms with van der Waals surface area (Å²) in [7, 11) is -1.25. The van der Waals surface area contributed by atoms with E-state index in [1.807, 2.05) is 0 Å². The Morgan fingerprint density at radius 2 is 2.27 bits per heavy atom. The van der Waals surface area contributed by atoms with E-state index in [0.717, 1.165) is 0 Å². The molecule has 1 unspecified atom stereocenters. The molecule has 1 aliphatic rings. The minimum absolute atomic E-state index is 0.263. The molecule has 0 amide bonds. The van der Waals surface area contributed by atoms with Gasteiger partial charge in [-0.2, -0.15) is 0 Å². The van der Waals surface area contributed by atoms with E-state index in [1.165, 1.54) is 24.7 Å². The van der Waals surface area contributed by atoms with Gasteiger partial charge in [0.2, 0.25) is 5.88 Å². The summed E-state index contributed by atoms with van der Waals surface area (Å²) in [6.45, 7) is 0. The highest BCUT2D eigenvalue weighted by molar-refractivity contribution is 6.62. The highest BCUT2D eigenvalue weighted by Gasteiger charge is 2.38. The van der Waals surface area contributed by atoms with Crippen LogP contribution in [0.15, 0.2) is 30.7 Å². The van der Waals surface area contributed by atoms with Crippen molar-refractivity contribution in [3.63, 3.8) is 0 Å². The Kier molecular flexibility index (Phi) is 3.97. The summed E-state index contributed by atoms with van der Waals surface area (Å²) in [5.74, 6) is -0.419. The third-order valence-corrected chi connectivity index (χ3v) is 3.45. The molecular weight excluding hydrogens is 310 g/mol. The van der Waals surface area contributed by atoms with Crippen LogP contribution in [0, 0.1) is 0 Å². The number of carbonyl (C=O) groups is 1. The summed E-state index contributed by atoms with van der Waals surface area (Å²) < 4.78 is 10.7. The van der Waals surface area contributed by atoms with Gasteiger partial charge in [0, 0.05) is 17.4 Å². The highest BCUT2D eigenvalue weighted by Crippen LogP contribution is 2.35. The maximum Gasteiger partial charge on any atom is 0.492 e. The Hall–Kier alpha value is -2.16. The van der Waals surface area contributed by atoms with Crippen molar-refractivity contribution in [1.82, 2.24) is 9.97 Å². The number of rotatable bonds is 4. The van der Waals surface area contributed by atoms with Gasteiger partial charge in [0.05, 0.1) is 18.7 Å². The van der Waals surface area contributed by atoms with Crippen LogP contribution in [0.5, 0.6) is 11.6 Å². The summed E-state index contributed by atoms with van der Waals surface area (Å²) >= 11 is 6.18. The molecule has 2 aromatic rings. The molecular formula is C13H10BClN2O5. The molecule has 0 bridgehead atoms. The predicted molar refractivity (Wildman–Crippen MR) is 77.2 cm³/mol. The van der Waals surface area contributed by atoms with Gasteiger partial charge in [0.1, 0.15) is 5.75 Å². The van der Waals surface area contributed by atoms with Gasteiger partial charge in [-0.3, -0.25) is 9.78 Å². The van der Waals surface area contributed by atoms with Crippen molar-refractivity contribution in [3.8, 4) is 11.6 Å². The van der Waals surface area contributed by atoms with E-state index in [1.54, 1.807) is 6.07 Å². The second kappa shape index (κ2) is 5.92. The lowest BCUT2D eigenvalue weighted by Gasteiger charge is -2.12. The molecule has 9 heteroatoms. The van der Waals surface area contributed by atoms with E-state index >= 15 is 0 Å². The van der Waals surface area contributed by atoms with Gasteiger partial charge < -0.3 is 19.5 Å². The minimum Gasteiger partial charge on any atom is -0.481 e. The fourth-order valence-corrected chi connectivity index (χ4v) is 2.62. The molecule has 7 nitrogen and oxygen atoms in total. The van der Waals surface area contributed by atoms with Gasteiger partial charge in [-0.25, -0.2) is 4.98 Å². The maximum absolute atomic E-state index is 10.8. The van der Waals surface area contributed by atoms with E-state index < -0.39 is 19.2 Å². The summed E-state index contributed by atoms with van der Waals surface area (Å²) in [6, 6.07) is 3.06. The quantitative estimate of drug-likeness (QED) is 0.815.